The summed E-state index contributed by atoms with van der Waals surface area (Å²) in [6.45, 7) is 3.93. The highest BCUT2D eigenvalue weighted by Crippen LogP contribution is 2.19. The number of hydrogen-bond donors (Lipinski definition) is 1. The van der Waals surface area contributed by atoms with Crippen molar-refractivity contribution in [3.8, 4) is 0 Å². The minimum absolute atomic E-state index is 0.0274. The van der Waals surface area contributed by atoms with Gasteiger partial charge in [0.2, 0.25) is 0 Å². The van der Waals surface area contributed by atoms with Gasteiger partial charge in [-0.3, -0.25) is 9.78 Å². The first-order valence-electron chi connectivity index (χ1n) is 4.89. The van der Waals surface area contributed by atoms with Gasteiger partial charge in [0, 0.05) is 18.0 Å². The van der Waals surface area contributed by atoms with Crippen molar-refractivity contribution in [1.82, 2.24) is 4.98 Å². The zero-order valence-electron chi connectivity index (χ0n) is 8.93. The second-order valence-electron chi connectivity index (χ2n) is 3.26. The molecule has 4 heteroatoms. The van der Waals surface area contributed by atoms with Crippen LogP contribution < -0.4 is 0 Å². The van der Waals surface area contributed by atoms with E-state index >= 15 is 0 Å². The van der Waals surface area contributed by atoms with Crippen LogP contribution in [0, 0.1) is 6.92 Å². The fourth-order valence-electron chi connectivity index (χ4n) is 1.31. The number of carbonyl (C=O) groups excluding carboxylic acids is 1. The van der Waals surface area contributed by atoms with Gasteiger partial charge in [0.1, 0.15) is 0 Å². The number of carbonyl (C=O) groups is 1. The molecular formula is C11H15NO3. The average molecular weight is 209 g/mol. The van der Waals surface area contributed by atoms with Crippen LogP contribution in [0.5, 0.6) is 0 Å². The molecule has 1 rings (SSSR count). The first kappa shape index (κ1) is 11.7. The third kappa shape index (κ3) is 3.32. The van der Waals surface area contributed by atoms with Gasteiger partial charge in [-0.15, -0.1) is 0 Å². The van der Waals surface area contributed by atoms with Crippen molar-refractivity contribution < 1.29 is 14.6 Å². The van der Waals surface area contributed by atoms with Gasteiger partial charge in [-0.25, -0.2) is 0 Å². The standard InChI is InChI=1S/C11H15NO3/c1-3-15-11(14)6-10(13)9-7-12-5-4-8(9)2/h4-5,7,10,13H,3,6H2,1-2H3. The van der Waals surface area contributed by atoms with Crippen molar-refractivity contribution in [2.45, 2.75) is 26.4 Å². The lowest BCUT2D eigenvalue weighted by molar-refractivity contribution is -0.145. The summed E-state index contributed by atoms with van der Waals surface area (Å²) < 4.78 is 4.75. The molecule has 0 aliphatic rings. The lowest BCUT2D eigenvalue weighted by atomic mass is 10.0. The van der Waals surface area contributed by atoms with Gasteiger partial charge in [-0.05, 0) is 25.5 Å². The van der Waals surface area contributed by atoms with Crippen LogP contribution in [0.1, 0.15) is 30.6 Å². The Labute approximate surface area is 88.9 Å². The number of pyridine rings is 1. The summed E-state index contributed by atoms with van der Waals surface area (Å²) >= 11 is 0. The summed E-state index contributed by atoms with van der Waals surface area (Å²) in [6.07, 6.45) is 2.35. The number of aryl methyl sites for hydroxylation is 1. The van der Waals surface area contributed by atoms with Crippen molar-refractivity contribution in [2.75, 3.05) is 6.61 Å². The van der Waals surface area contributed by atoms with Gasteiger partial charge >= 0.3 is 5.97 Å². The van der Waals surface area contributed by atoms with Gasteiger partial charge in [-0.2, -0.15) is 0 Å². The maximum Gasteiger partial charge on any atom is 0.308 e. The molecule has 0 aromatic carbocycles. The molecule has 1 aromatic heterocycles. The van der Waals surface area contributed by atoms with E-state index in [2.05, 4.69) is 4.98 Å². The predicted octanol–water partition coefficient (Wildman–Crippen LogP) is 1.38. The monoisotopic (exact) mass is 209 g/mol. The Morgan fingerprint density at radius 3 is 3.00 bits per heavy atom. The second-order valence-corrected chi connectivity index (χ2v) is 3.26. The van der Waals surface area contributed by atoms with E-state index in [1.54, 1.807) is 25.4 Å². The predicted molar refractivity (Wildman–Crippen MR) is 55.2 cm³/mol. The molecule has 0 bridgehead atoms. The summed E-state index contributed by atoms with van der Waals surface area (Å²) in [5.41, 5.74) is 1.59. The van der Waals surface area contributed by atoms with Crippen LogP contribution in [0.15, 0.2) is 18.5 Å². The summed E-state index contributed by atoms with van der Waals surface area (Å²) in [5, 5.41) is 9.76. The number of aliphatic hydroxyl groups excluding tert-OH is 1. The molecule has 1 aromatic rings. The molecule has 0 radical (unpaired) electrons. The van der Waals surface area contributed by atoms with Crippen molar-refractivity contribution >= 4 is 5.97 Å². The van der Waals surface area contributed by atoms with Crippen LogP contribution in [0.25, 0.3) is 0 Å². The largest absolute Gasteiger partial charge is 0.466 e. The Morgan fingerprint density at radius 1 is 1.67 bits per heavy atom. The third-order valence-electron chi connectivity index (χ3n) is 2.10. The van der Waals surface area contributed by atoms with Gasteiger partial charge in [0.05, 0.1) is 19.1 Å². The molecule has 4 nitrogen and oxygen atoms in total. The Bertz CT molecular complexity index is 338. The fraction of sp³-hybridized carbons (Fsp3) is 0.455. The lowest BCUT2D eigenvalue weighted by Crippen LogP contribution is -2.11. The minimum Gasteiger partial charge on any atom is -0.466 e. The molecule has 0 aliphatic heterocycles. The van der Waals surface area contributed by atoms with Crippen LogP contribution in [0.2, 0.25) is 0 Å². The summed E-state index contributed by atoms with van der Waals surface area (Å²) in [6, 6.07) is 1.80. The molecule has 0 spiro atoms. The molecular weight excluding hydrogens is 194 g/mol. The van der Waals surface area contributed by atoms with Gasteiger partial charge < -0.3 is 9.84 Å². The zero-order valence-corrected chi connectivity index (χ0v) is 8.93. The summed E-state index contributed by atoms with van der Waals surface area (Å²) in [4.78, 5) is 15.0. The van der Waals surface area contributed by atoms with Crippen molar-refractivity contribution in [2.24, 2.45) is 0 Å². The van der Waals surface area contributed by atoms with Gasteiger partial charge in [0.25, 0.3) is 0 Å². The molecule has 1 atom stereocenters. The fourth-order valence-corrected chi connectivity index (χ4v) is 1.31. The Kier molecular flexibility index (Phi) is 4.24. The summed E-state index contributed by atoms with van der Waals surface area (Å²) in [7, 11) is 0. The smallest absolute Gasteiger partial charge is 0.308 e. The molecule has 15 heavy (non-hydrogen) atoms. The molecule has 0 amide bonds. The van der Waals surface area contributed by atoms with Crippen molar-refractivity contribution in [3.63, 3.8) is 0 Å². The molecule has 0 aliphatic carbocycles. The number of esters is 1. The zero-order chi connectivity index (χ0) is 11.3. The second kappa shape index (κ2) is 5.46. The summed E-state index contributed by atoms with van der Waals surface area (Å²) in [5.74, 6) is -0.395. The highest BCUT2D eigenvalue weighted by Gasteiger charge is 2.15. The average Bonchev–Trinajstić information content (AvgIpc) is 2.18. The highest BCUT2D eigenvalue weighted by molar-refractivity contribution is 5.70. The molecule has 0 fully saturated rings. The first-order valence-corrected chi connectivity index (χ1v) is 4.89. The van der Waals surface area contributed by atoms with E-state index in [1.807, 2.05) is 6.92 Å². The van der Waals surface area contributed by atoms with Crippen molar-refractivity contribution in [3.05, 3.63) is 29.6 Å². The molecule has 0 saturated carbocycles. The van der Waals surface area contributed by atoms with Crippen LogP contribution >= 0.6 is 0 Å². The van der Waals surface area contributed by atoms with E-state index in [-0.39, 0.29) is 6.42 Å². The van der Waals surface area contributed by atoms with E-state index in [0.29, 0.717) is 12.2 Å². The SMILES string of the molecule is CCOC(=O)CC(O)c1cnccc1C. The number of ether oxygens (including phenoxy) is 1. The van der Waals surface area contributed by atoms with Gasteiger partial charge in [0.15, 0.2) is 0 Å². The molecule has 0 saturated heterocycles. The van der Waals surface area contributed by atoms with Crippen LogP contribution in [0.4, 0.5) is 0 Å². The maximum atomic E-state index is 11.1. The topological polar surface area (TPSA) is 59.4 Å². The number of rotatable bonds is 4. The number of aliphatic hydroxyl groups is 1. The first-order chi connectivity index (χ1) is 7.15. The Balaban J connectivity index is 2.65. The van der Waals surface area contributed by atoms with E-state index in [1.165, 1.54) is 0 Å². The maximum absolute atomic E-state index is 11.1. The van der Waals surface area contributed by atoms with Crippen LogP contribution in [-0.2, 0) is 9.53 Å². The lowest BCUT2D eigenvalue weighted by Gasteiger charge is -2.11. The van der Waals surface area contributed by atoms with E-state index < -0.39 is 12.1 Å². The van der Waals surface area contributed by atoms with E-state index in [4.69, 9.17) is 4.74 Å². The number of nitrogens with zero attached hydrogens (tertiary/aromatic N) is 1. The highest BCUT2D eigenvalue weighted by atomic mass is 16.5. The van der Waals surface area contributed by atoms with Crippen LogP contribution in [-0.4, -0.2) is 22.7 Å². The Hall–Kier alpha value is -1.42. The van der Waals surface area contributed by atoms with Crippen LogP contribution in [0.3, 0.4) is 0 Å². The molecule has 82 valence electrons. The van der Waals surface area contributed by atoms with E-state index in [0.717, 1.165) is 5.56 Å². The quantitative estimate of drug-likeness (QED) is 0.761. The number of hydrogen-bond acceptors (Lipinski definition) is 4. The third-order valence-corrected chi connectivity index (χ3v) is 2.10. The molecule has 1 heterocycles. The minimum atomic E-state index is -0.835. The normalized spacial score (nSPS) is 12.2. The molecule has 1 unspecified atom stereocenters. The Morgan fingerprint density at radius 2 is 2.40 bits per heavy atom. The molecule has 1 N–H and O–H groups in total. The van der Waals surface area contributed by atoms with Crippen molar-refractivity contribution in [1.29, 1.82) is 0 Å². The van der Waals surface area contributed by atoms with Gasteiger partial charge in [-0.1, -0.05) is 0 Å². The number of aromatic nitrogens is 1. The van der Waals surface area contributed by atoms with E-state index in [9.17, 15) is 9.90 Å².